The van der Waals surface area contributed by atoms with Gasteiger partial charge in [-0.05, 0) is 49.5 Å². The van der Waals surface area contributed by atoms with Crippen LogP contribution in [0.5, 0.6) is 0 Å². The molecule has 0 aliphatic heterocycles. The predicted molar refractivity (Wildman–Crippen MR) is 84.4 cm³/mol. The van der Waals surface area contributed by atoms with Gasteiger partial charge in [-0.1, -0.05) is 12.1 Å². The van der Waals surface area contributed by atoms with Gasteiger partial charge in [-0.2, -0.15) is 0 Å². The van der Waals surface area contributed by atoms with Crippen molar-refractivity contribution in [3.8, 4) is 0 Å². The fraction of sp³-hybridized carbons (Fsp3) is 0.353. The third-order valence-corrected chi connectivity index (χ3v) is 4.14. The minimum atomic E-state index is -0.148. The molecule has 0 fully saturated rings. The van der Waals surface area contributed by atoms with Crippen LogP contribution in [-0.2, 0) is 9.53 Å². The number of ether oxygens (including phenoxy) is 1. The molecule has 1 aliphatic carbocycles. The SMILES string of the molecule is COC(=O)C1CC=C(c2ccc3nc(C)[nH]c(=O)c3c2)CC1. The number of carbonyl (C=O) groups excluding carboxylic acids is 1. The van der Waals surface area contributed by atoms with Crippen molar-refractivity contribution in [1.29, 1.82) is 0 Å². The summed E-state index contributed by atoms with van der Waals surface area (Å²) < 4.78 is 4.79. The molecule has 1 aromatic carbocycles. The van der Waals surface area contributed by atoms with Crippen LogP contribution in [0.4, 0.5) is 0 Å². The van der Waals surface area contributed by atoms with Gasteiger partial charge in [-0.15, -0.1) is 0 Å². The first-order valence-electron chi connectivity index (χ1n) is 7.36. The Labute approximate surface area is 128 Å². The van der Waals surface area contributed by atoms with Gasteiger partial charge in [0.1, 0.15) is 5.82 Å². The molecule has 0 saturated heterocycles. The van der Waals surface area contributed by atoms with Gasteiger partial charge in [0.2, 0.25) is 0 Å². The summed E-state index contributed by atoms with van der Waals surface area (Å²) in [5.41, 5.74) is 2.77. The van der Waals surface area contributed by atoms with Gasteiger partial charge in [0.25, 0.3) is 5.56 Å². The molecule has 0 saturated carbocycles. The van der Waals surface area contributed by atoms with Gasteiger partial charge in [0.05, 0.1) is 23.9 Å². The highest BCUT2D eigenvalue weighted by Crippen LogP contribution is 2.31. The first-order chi connectivity index (χ1) is 10.6. The maximum Gasteiger partial charge on any atom is 0.308 e. The molecule has 5 nitrogen and oxygen atoms in total. The molecule has 0 radical (unpaired) electrons. The van der Waals surface area contributed by atoms with E-state index in [4.69, 9.17) is 4.74 Å². The highest BCUT2D eigenvalue weighted by Gasteiger charge is 2.22. The Hall–Kier alpha value is -2.43. The van der Waals surface area contributed by atoms with Gasteiger partial charge in [0.15, 0.2) is 0 Å². The Morgan fingerprint density at radius 3 is 2.91 bits per heavy atom. The Morgan fingerprint density at radius 2 is 2.23 bits per heavy atom. The number of fused-ring (bicyclic) bond motifs is 1. The molecule has 1 unspecified atom stereocenters. The topological polar surface area (TPSA) is 72.0 Å². The number of hydrogen-bond acceptors (Lipinski definition) is 4. The van der Waals surface area contributed by atoms with Crippen LogP contribution < -0.4 is 5.56 Å². The first-order valence-corrected chi connectivity index (χ1v) is 7.36. The normalized spacial score (nSPS) is 18.1. The van der Waals surface area contributed by atoms with Gasteiger partial charge >= 0.3 is 5.97 Å². The Bertz CT molecular complexity index is 820. The third kappa shape index (κ3) is 2.66. The van der Waals surface area contributed by atoms with Crippen molar-refractivity contribution in [1.82, 2.24) is 9.97 Å². The molecular weight excluding hydrogens is 280 g/mol. The van der Waals surface area contributed by atoms with E-state index in [1.54, 1.807) is 6.92 Å². The van der Waals surface area contributed by atoms with Crippen LogP contribution in [0.25, 0.3) is 16.5 Å². The predicted octanol–water partition coefficient (Wildman–Crippen LogP) is 2.59. The number of benzene rings is 1. The van der Waals surface area contributed by atoms with Crippen molar-refractivity contribution in [2.45, 2.75) is 26.2 Å². The molecule has 1 N–H and O–H groups in total. The number of allylic oxidation sites excluding steroid dienone is 2. The van der Waals surface area contributed by atoms with Crippen LogP contribution in [-0.4, -0.2) is 23.0 Å². The number of methoxy groups -OCH3 is 1. The number of nitrogens with one attached hydrogen (secondary N) is 1. The fourth-order valence-corrected chi connectivity index (χ4v) is 2.93. The standard InChI is InChI=1S/C17H18N2O3/c1-10-18-15-8-7-13(9-14(15)16(20)19-10)11-3-5-12(6-4-11)17(21)22-2/h3,7-9,12H,4-6H2,1-2H3,(H,18,19,20). The van der Waals surface area contributed by atoms with E-state index in [1.165, 1.54) is 12.7 Å². The number of carbonyl (C=O) groups is 1. The van der Waals surface area contributed by atoms with E-state index < -0.39 is 0 Å². The summed E-state index contributed by atoms with van der Waals surface area (Å²) >= 11 is 0. The van der Waals surface area contributed by atoms with Crippen molar-refractivity contribution < 1.29 is 9.53 Å². The number of nitrogens with zero attached hydrogens (tertiary/aromatic N) is 1. The van der Waals surface area contributed by atoms with Crippen molar-refractivity contribution in [3.05, 3.63) is 46.0 Å². The Morgan fingerprint density at radius 1 is 1.41 bits per heavy atom. The van der Waals surface area contributed by atoms with Gasteiger partial charge in [-0.25, -0.2) is 4.98 Å². The lowest BCUT2D eigenvalue weighted by Gasteiger charge is -2.20. The van der Waals surface area contributed by atoms with Crippen molar-refractivity contribution in [2.75, 3.05) is 7.11 Å². The quantitative estimate of drug-likeness (QED) is 0.865. The molecule has 1 aromatic heterocycles. The fourth-order valence-electron chi connectivity index (χ4n) is 2.93. The van der Waals surface area contributed by atoms with Crippen LogP contribution in [0.3, 0.4) is 0 Å². The van der Waals surface area contributed by atoms with Crippen LogP contribution in [0.1, 0.15) is 30.7 Å². The zero-order chi connectivity index (χ0) is 15.7. The van der Waals surface area contributed by atoms with Crippen molar-refractivity contribution in [2.24, 2.45) is 5.92 Å². The summed E-state index contributed by atoms with van der Waals surface area (Å²) in [6.07, 6.45) is 4.34. The second kappa shape index (κ2) is 5.75. The van der Waals surface area contributed by atoms with Crippen LogP contribution >= 0.6 is 0 Å². The Balaban J connectivity index is 1.93. The monoisotopic (exact) mass is 298 g/mol. The molecule has 0 amide bonds. The number of aryl methyl sites for hydroxylation is 1. The summed E-state index contributed by atoms with van der Waals surface area (Å²) in [5, 5.41) is 0.596. The average Bonchev–Trinajstić information content (AvgIpc) is 2.54. The van der Waals surface area contributed by atoms with E-state index in [0.717, 1.165) is 18.4 Å². The number of H-pyrrole nitrogens is 1. The number of esters is 1. The second-order valence-electron chi connectivity index (χ2n) is 5.61. The zero-order valence-corrected chi connectivity index (χ0v) is 12.7. The molecule has 114 valence electrons. The summed E-state index contributed by atoms with van der Waals surface area (Å²) in [6.45, 7) is 1.77. The van der Waals surface area contributed by atoms with Crippen LogP contribution in [0, 0.1) is 12.8 Å². The summed E-state index contributed by atoms with van der Waals surface area (Å²) in [5.74, 6) is 0.412. The lowest BCUT2D eigenvalue weighted by atomic mass is 9.86. The lowest BCUT2D eigenvalue weighted by molar-refractivity contribution is -0.145. The van der Waals surface area contributed by atoms with E-state index in [2.05, 4.69) is 16.0 Å². The number of hydrogen-bond donors (Lipinski definition) is 1. The second-order valence-corrected chi connectivity index (χ2v) is 5.61. The largest absolute Gasteiger partial charge is 0.469 e. The van der Waals surface area contributed by atoms with Crippen molar-refractivity contribution >= 4 is 22.4 Å². The van der Waals surface area contributed by atoms with Crippen molar-refractivity contribution in [3.63, 3.8) is 0 Å². The molecule has 2 aromatic rings. The summed E-state index contributed by atoms with van der Waals surface area (Å²) in [7, 11) is 1.42. The molecular formula is C17H18N2O3. The van der Waals surface area contributed by atoms with E-state index in [9.17, 15) is 9.59 Å². The molecule has 1 aliphatic rings. The maximum absolute atomic E-state index is 12.0. The average molecular weight is 298 g/mol. The first kappa shape index (κ1) is 14.5. The molecule has 1 heterocycles. The van der Waals surface area contributed by atoms with E-state index in [0.29, 0.717) is 23.1 Å². The maximum atomic E-state index is 12.0. The minimum Gasteiger partial charge on any atom is -0.469 e. The summed E-state index contributed by atoms with van der Waals surface area (Å²) in [4.78, 5) is 30.7. The smallest absolute Gasteiger partial charge is 0.308 e. The number of aromatic amines is 1. The number of aromatic nitrogens is 2. The van der Waals surface area contributed by atoms with Crippen LogP contribution in [0.15, 0.2) is 29.1 Å². The van der Waals surface area contributed by atoms with Gasteiger partial charge in [-0.3, -0.25) is 9.59 Å². The van der Waals surface area contributed by atoms with Gasteiger partial charge in [0, 0.05) is 0 Å². The van der Waals surface area contributed by atoms with Gasteiger partial charge < -0.3 is 9.72 Å². The van der Waals surface area contributed by atoms with E-state index >= 15 is 0 Å². The molecule has 22 heavy (non-hydrogen) atoms. The van der Waals surface area contributed by atoms with Crippen LogP contribution in [0.2, 0.25) is 0 Å². The lowest BCUT2D eigenvalue weighted by Crippen LogP contribution is -2.18. The third-order valence-electron chi connectivity index (χ3n) is 4.14. The highest BCUT2D eigenvalue weighted by atomic mass is 16.5. The number of rotatable bonds is 2. The highest BCUT2D eigenvalue weighted by molar-refractivity contribution is 5.83. The summed E-state index contributed by atoms with van der Waals surface area (Å²) in [6, 6.07) is 5.74. The molecule has 0 spiro atoms. The molecule has 3 rings (SSSR count). The molecule has 0 bridgehead atoms. The zero-order valence-electron chi connectivity index (χ0n) is 12.7. The van der Waals surface area contributed by atoms with E-state index in [1.807, 2.05) is 18.2 Å². The molecule has 1 atom stereocenters. The Kier molecular flexibility index (Phi) is 3.79. The minimum absolute atomic E-state index is 0.0538. The van der Waals surface area contributed by atoms with E-state index in [-0.39, 0.29) is 17.4 Å². The molecule has 5 heteroatoms.